The van der Waals surface area contributed by atoms with Gasteiger partial charge in [0.25, 0.3) is 5.91 Å². The normalized spacial score (nSPS) is 15.1. The van der Waals surface area contributed by atoms with Gasteiger partial charge in [0.1, 0.15) is 0 Å². The largest absolute Gasteiger partial charge is 0.332 e. The van der Waals surface area contributed by atoms with Crippen LogP contribution in [0.1, 0.15) is 6.92 Å². The van der Waals surface area contributed by atoms with Crippen molar-refractivity contribution in [1.29, 1.82) is 0 Å². The number of piperazine rings is 1. The molecular weight excluding hydrogens is 362 g/mol. The predicted octanol–water partition coefficient (Wildman–Crippen LogP) is 0.774. The molecule has 1 aromatic heterocycles. The molecule has 2 aromatic rings. The van der Waals surface area contributed by atoms with E-state index in [2.05, 4.69) is 10.3 Å². The minimum absolute atomic E-state index is 0.0565. The van der Waals surface area contributed by atoms with Crippen LogP contribution in [0.5, 0.6) is 0 Å². The number of amides is 2. The summed E-state index contributed by atoms with van der Waals surface area (Å²) in [6.07, 6.45) is 0. The van der Waals surface area contributed by atoms with Gasteiger partial charge in [-0.2, -0.15) is 0 Å². The molecule has 0 spiro atoms. The molecule has 3 rings (SSSR count). The fourth-order valence-electron chi connectivity index (χ4n) is 2.82. The highest BCUT2D eigenvalue weighted by Gasteiger charge is 2.23. The molecule has 0 bridgehead atoms. The Morgan fingerprint density at radius 3 is 2.65 bits per heavy atom. The molecule has 0 unspecified atom stereocenters. The van der Waals surface area contributed by atoms with Crippen molar-refractivity contribution in [3.05, 3.63) is 35.2 Å². The van der Waals surface area contributed by atoms with E-state index in [4.69, 9.17) is 0 Å². The van der Waals surface area contributed by atoms with E-state index >= 15 is 0 Å². The summed E-state index contributed by atoms with van der Waals surface area (Å²) in [5, 5.41) is 4.83. The maximum absolute atomic E-state index is 13.3. The zero-order valence-electron chi connectivity index (χ0n) is 14.2. The van der Waals surface area contributed by atoms with Gasteiger partial charge >= 0.3 is 0 Å². The zero-order chi connectivity index (χ0) is 18.7. The Morgan fingerprint density at radius 2 is 2.00 bits per heavy atom. The third-order valence-electron chi connectivity index (χ3n) is 4.29. The second-order valence-corrected chi connectivity index (χ2v) is 7.01. The molecule has 9 heteroatoms. The van der Waals surface area contributed by atoms with Crippen molar-refractivity contribution in [2.24, 2.45) is 0 Å². The van der Waals surface area contributed by atoms with Gasteiger partial charge in [-0.15, -0.1) is 11.3 Å². The maximum Gasteiger partial charge on any atom is 0.281 e. The van der Waals surface area contributed by atoms with E-state index in [1.54, 1.807) is 17.2 Å². The van der Waals surface area contributed by atoms with Crippen molar-refractivity contribution in [3.8, 4) is 11.3 Å². The van der Waals surface area contributed by atoms with E-state index in [1.165, 1.54) is 17.4 Å². The number of aromatic nitrogens is 1. The zero-order valence-corrected chi connectivity index (χ0v) is 15.0. The van der Waals surface area contributed by atoms with E-state index in [9.17, 15) is 18.4 Å². The Morgan fingerprint density at radius 1 is 1.27 bits per heavy atom. The van der Waals surface area contributed by atoms with Crippen LogP contribution in [0.25, 0.3) is 11.3 Å². The van der Waals surface area contributed by atoms with Crippen LogP contribution < -0.4 is 10.2 Å². The number of nitrogens with zero attached hydrogens (tertiary/aromatic N) is 2. The molecule has 0 atom stereocenters. The van der Waals surface area contributed by atoms with Crippen LogP contribution in [0, 0.1) is 11.6 Å². The van der Waals surface area contributed by atoms with Crippen molar-refractivity contribution in [1.82, 2.24) is 9.88 Å². The molecule has 1 saturated heterocycles. The van der Waals surface area contributed by atoms with Gasteiger partial charge < -0.3 is 9.80 Å². The molecule has 1 aliphatic heterocycles. The highest BCUT2D eigenvalue weighted by molar-refractivity contribution is 7.14. The number of carbonyl (C=O) groups excluding carboxylic acids is 2. The SMILES string of the molecule is CC(=O)N1CC[NH+](CC(=O)Nc2nc(-c3ccc(F)c(F)c3)cs2)CC1. The van der Waals surface area contributed by atoms with Gasteiger partial charge in [-0.3, -0.25) is 14.9 Å². The van der Waals surface area contributed by atoms with Gasteiger partial charge in [-0.1, -0.05) is 0 Å². The molecule has 0 aliphatic carbocycles. The molecule has 0 saturated carbocycles. The predicted molar refractivity (Wildman–Crippen MR) is 93.9 cm³/mol. The Hall–Kier alpha value is -2.39. The standard InChI is InChI=1S/C17H18F2N4O2S/c1-11(24)23-6-4-22(5-7-23)9-16(25)21-17-20-15(10-26-17)12-2-3-13(18)14(19)8-12/h2-3,8,10H,4-7,9H2,1H3,(H,20,21,25)/p+1. The van der Waals surface area contributed by atoms with Gasteiger partial charge in [-0.05, 0) is 18.2 Å². The average molecular weight is 381 g/mol. The number of carbonyl (C=O) groups is 2. The lowest BCUT2D eigenvalue weighted by atomic mass is 10.2. The van der Waals surface area contributed by atoms with Crippen LogP contribution in [-0.2, 0) is 9.59 Å². The maximum atomic E-state index is 13.3. The number of anilines is 1. The first kappa shape index (κ1) is 18.4. The Balaban J connectivity index is 1.55. The van der Waals surface area contributed by atoms with Crippen LogP contribution >= 0.6 is 11.3 Å². The molecule has 26 heavy (non-hydrogen) atoms. The third-order valence-corrected chi connectivity index (χ3v) is 5.05. The van der Waals surface area contributed by atoms with Crippen LogP contribution in [0.4, 0.5) is 13.9 Å². The second kappa shape index (κ2) is 7.88. The molecule has 0 radical (unpaired) electrons. The number of hydrogen-bond acceptors (Lipinski definition) is 4. The summed E-state index contributed by atoms with van der Waals surface area (Å²) in [5.74, 6) is -1.96. The third kappa shape index (κ3) is 4.41. The van der Waals surface area contributed by atoms with Gasteiger partial charge in [0, 0.05) is 17.9 Å². The lowest BCUT2D eigenvalue weighted by molar-refractivity contribution is -0.895. The number of rotatable bonds is 4. The molecule has 1 fully saturated rings. The van der Waals surface area contributed by atoms with E-state index in [0.717, 1.165) is 30.1 Å². The Labute approximate surface area is 153 Å². The van der Waals surface area contributed by atoms with Crippen molar-refractivity contribution in [2.75, 3.05) is 38.0 Å². The van der Waals surface area contributed by atoms with E-state index in [-0.39, 0.29) is 11.8 Å². The van der Waals surface area contributed by atoms with Gasteiger partial charge in [-0.25, -0.2) is 13.8 Å². The summed E-state index contributed by atoms with van der Waals surface area (Å²) >= 11 is 1.23. The Bertz CT molecular complexity index is 819. The molecule has 1 aliphatic rings. The van der Waals surface area contributed by atoms with E-state index < -0.39 is 11.6 Å². The summed E-state index contributed by atoms with van der Waals surface area (Å²) in [5.41, 5.74) is 0.929. The lowest BCUT2D eigenvalue weighted by Crippen LogP contribution is -3.15. The number of nitrogens with one attached hydrogen (secondary N) is 2. The summed E-state index contributed by atoms with van der Waals surface area (Å²) < 4.78 is 26.3. The number of hydrogen-bond donors (Lipinski definition) is 2. The highest BCUT2D eigenvalue weighted by atomic mass is 32.1. The van der Waals surface area contributed by atoms with E-state index in [0.29, 0.717) is 36.0 Å². The average Bonchev–Trinajstić information content (AvgIpc) is 3.06. The van der Waals surface area contributed by atoms with Crippen LogP contribution in [0.15, 0.2) is 23.6 Å². The quantitative estimate of drug-likeness (QED) is 0.822. The lowest BCUT2D eigenvalue weighted by Gasteiger charge is -2.31. The van der Waals surface area contributed by atoms with Gasteiger partial charge in [0.15, 0.2) is 23.3 Å². The highest BCUT2D eigenvalue weighted by Crippen LogP contribution is 2.25. The first-order valence-corrected chi connectivity index (χ1v) is 9.10. The fourth-order valence-corrected chi connectivity index (χ4v) is 3.56. The molecule has 2 N–H and O–H groups in total. The van der Waals surface area contributed by atoms with Crippen molar-refractivity contribution >= 4 is 28.3 Å². The number of halogens is 2. The monoisotopic (exact) mass is 381 g/mol. The molecule has 2 amide bonds. The van der Waals surface area contributed by atoms with Gasteiger partial charge in [0.2, 0.25) is 5.91 Å². The number of quaternary nitrogens is 1. The van der Waals surface area contributed by atoms with Crippen molar-refractivity contribution in [3.63, 3.8) is 0 Å². The minimum atomic E-state index is -0.936. The molecular formula is C17H19F2N4O2S+. The van der Waals surface area contributed by atoms with Crippen molar-refractivity contribution < 1.29 is 23.3 Å². The summed E-state index contributed by atoms with van der Waals surface area (Å²) in [6, 6.07) is 3.57. The molecule has 1 aromatic carbocycles. The van der Waals surface area contributed by atoms with E-state index in [1.807, 2.05) is 0 Å². The summed E-state index contributed by atoms with van der Waals surface area (Å²) in [6.45, 7) is 4.59. The number of thiazole rings is 1. The smallest absolute Gasteiger partial charge is 0.281 e. The number of benzene rings is 1. The van der Waals surface area contributed by atoms with Crippen LogP contribution in [0.3, 0.4) is 0 Å². The topological polar surface area (TPSA) is 66.7 Å². The van der Waals surface area contributed by atoms with Gasteiger partial charge in [0.05, 0.1) is 31.9 Å². The first-order valence-electron chi connectivity index (χ1n) is 8.22. The van der Waals surface area contributed by atoms with Crippen LogP contribution in [-0.4, -0.2) is 54.4 Å². The Kier molecular flexibility index (Phi) is 5.58. The second-order valence-electron chi connectivity index (χ2n) is 6.15. The minimum Gasteiger partial charge on any atom is -0.332 e. The molecule has 6 nitrogen and oxygen atoms in total. The molecule has 2 heterocycles. The van der Waals surface area contributed by atoms with Crippen LogP contribution in [0.2, 0.25) is 0 Å². The molecule has 138 valence electrons. The summed E-state index contributed by atoms with van der Waals surface area (Å²) in [4.78, 5) is 30.6. The fraction of sp³-hybridized carbons (Fsp3) is 0.353. The summed E-state index contributed by atoms with van der Waals surface area (Å²) in [7, 11) is 0. The van der Waals surface area contributed by atoms with Crippen molar-refractivity contribution in [2.45, 2.75) is 6.92 Å². The first-order chi connectivity index (χ1) is 12.4.